The third-order valence-corrected chi connectivity index (χ3v) is 2.69. The average molecular weight is 246 g/mol. The zero-order valence-electron chi connectivity index (χ0n) is 10.2. The zero-order chi connectivity index (χ0) is 13.0. The number of aliphatic hydroxyl groups is 1. The van der Waals surface area contributed by atoms with Gasteiger partial charge in [-0.05, 0) is 30.2 Å². The Labute approximate surface area is 106 Å². The molecule has 18 heavy (non-hydrogen) atoms. The van der Waals surface area contributed by atoms with Crippen molar-refractivity contribution < 1.29 is 14.2 Å². The summed E-state index contributed by atoms with van der Waals surface area (Å²) in [4.78, 5) is 0. The number of aryl methyl sites for hydroxylation is 1. The summed E-state index contributed by atoms with van der Waals surface area (Å²) in [6, 6.07) is 12.4. The first-order valence-corrected chi connectivity index (χ1v) is 5.76. The van der Waals surface area contributed by atoms with Gasteiger partial charge in [-0.1, -0.05) is 35.9 Å². The van der Waals surface area contributed by atoms with Crippen molar-refractivity contribution >= 4 is 0 Å². The number of hydrogen-bond acceptors (Lipinski definition) is 2. The Balaban J connectivity index is 2.04. The van der Waals surface area contributed by atoms with Crippen LogP contribution in [0.15, 0.2) is 42.5 Å². The molecule has 94 valence electrons. The minimum Gasteiger partial charge on any atom is -0.486 e. The van der Waals surface area contributed by atoms with Crippen molar-refractivity contribution in [3.63, 3.8) is 0 Å². The highest BCUT2D eigenvalue weighted by atomic mass is 19.1. The smallest absolute Gasteiger partial charge is 0.165 e. The molecule has 3 heteroatoms. The molecule has 0 heterocycles. The lowest BCUT2D eigenvalue weighted by atomic mass is 10.2. The first-order chi connectivity index (χ1) is 8.69. The monoisotopic (exact) mass is 246 g/mol. The van der Waals surface area contributed by atoms with Crippen LogP contribution in [-0.2, 0) is 13.2 Å². The summed E-state index contributed by atoms with van der Waals surface area (Å²) < 4.78 is 19.0. The van der Waals surface area contributed by atoms with E-state index >= 15 is 0 Å². The van der Waals surface area contributed by atoms with Crippen LogP contribution in [0.1, 0.15) is 16.7 Å². The van der Waals surface area contributed by atoms with E-state index in [1.165, 1.54) is 17.7 Å². The minimum absolute atomic E-state index is 0.171. The van der Waals surface area contributed by atoms with Gasteiger partial charge < -0.3 is 9.84 Å². The topological polar surface area (TPSA) is 29.5 Å². The first kappa shape index (κ1) is 12.6. The van der Waals surface area contributed by atoms with Crippen molar-refractivity contribution in [1.29, 1.82) is 0 Å². The second kappa shape index (κ2) is 5.65. The molecule has 0 saturated carbocycles. The molecule has 0 aliphatic rings. The van der Waals surface area contributed by atoms with Crippen LogP contribution in [-0.4, -0.2) is 5.11 Å². The molecule has 0 saturated heterocycles. The fourth-order valence-corrected chi connectivity index (χ4v) is 1.61. The predicted molar refractivity (Wildman–Crippen MR) is 67.8 cm³/mol. The summed E-state index contributed by atoms with van der Waals surface area (Å²) in [5, 5.41) is 8.88. The summed E-state index contributed by atoms with van der Waals surface area (Å²) in [5.74, 6) is -0.249. The van der Waals surface area contributed by atoms with Gasteiger partial charge >= 0.3 is 0 Å². The summed E-state index contributed by atoms with van der Waals surface area (Å²) >= 11 is 0. The van der Waals surface area contributed by atoms with Gasteiger partial charge in [0.05, 0.1) is 6.61 Å². The molecular weight excluding hydrogens is 231 g/mol. The van der Waals surface area contributed by atoms with Crippen LogP contribution in [0.5, 0.6) is 5.75 Å². The quantitative estimate of drug-likeness (QED) is 0.897. The Morgan fingerprint density at radius 1 is 1.06 bits per heavy atom. The molecule has 2 rings (SSSR count). The number of ether oxygens (including phenoxy) is 1. The summed E-state index contributed by atoms with van der Waals surface area (Å²) in [5.41, 5.74) is 2.71. The Hall–Kier alpha value is -1.87. The highest BCUT2D eigenvalue weighted by molar-refractivity contribution is 5.29. The number of rotatable bonds is 4. The Bertz CT molecular complexity index is 521. The maximum Gasteiger partial charge on any atom is 0.165 e. The van der Waals surface area contributed by atoms with E-state index < -0.39 is 5.82 Å². The highest BCUT2D eigenvalue weighted by Crippen LogP contribution is 2.19. The third kappa shape index (κ3) is 3.08. The van der Waals surface area contributed by atoms with Gasteiger partial charge in [0, 0.05) is 0 Å². The molecule has 0 radical (unpaired) electrons. The molecule has 0 aliphatic carbocycles. The number of hydrogen-bond donors (Lipinski definition) is 1. The lowest BCUT2D eigenvalue weighted by Gasteiger charge is -2.08. The maximum atomic E-state index is 13.6. The Kier molecular flexibility index (Phi) is 3.95. The Morgan fingerprint density at radius 3 is 2.33 bits per heavy atom. The summed E-state index contributed by atoms with van der Waals surface area (Å²) in [6.45, 7) is 2.17. The van der Waals surface area contributed by atoms with E-state index in [-0.39, 0.29) is 12.4 Å². The van der Waals surface area contributed by atoms with E-state index in [0.717, 1.165) is 5.56 Å². The third-order valence-electron chi connectivity index (χ3n) is 2.69. The lowest BCUT2D eigenvalue weighted by molar-refractivity contribution is 0.276. The predicted octanol–water partition coefficient (Wildman–Crippen LogP) is 3.21. The van der Waals surface area contributed by atoms with Crippen LogP contribution >= 0.6 is 0 Å². The van der Waals surface area contributed by atoms with Crippen molar-refractivity contribution in [2.24, 2.45) is 0 Å². The van der Waals surface area contributed by atoms with Gasteiger partial charge in [0.1, 0.15) is 6.61 Å². The van der Waals surface area contributed by atoms with Crippen molar-refractivity contribution in [1.82, 2.24) is 0 Å². The zero-order valence-corrected chi connectivity index (χ0v) is 10.2. The number of benzene rings is 2. The molecule has 0 spiro atoms. The van der Waals surface area contributed by atoms with Gasteiger partial charge in [-0.2, -0.15) is 0 Å². The van der Waals surface area contributed by atoms with E-state index in [2.05, 4.69) is 0 Å². The lowest BCUT2D eigenvalue weighted by Crippen LogP contribution is -1.98. The van der Waals surface area contributed by atoms with Crippen molar-refractivity contribution in [3.05, 3.63) is 65.0 Å². The molecular formula is C15H15FO2. The molecule has 0 amide bonds. The summed E-state index contributed by atoms with van der Waals surface area (Å²) in [6.07, 6.45) is 0. The van der Waals surface area contributed by atoms with Crippen LogP contribution in [0, 0.1) is 12.7 Å². The molecule has 0 aromatic heterocycles. The molecule has 1 N–H and O–H groups in total. The van der Waals surface area contributed by atoms with Crippen molar-refractivity contribution in [2.75, 3.05) is 0 Å². The molecule has 0 atom stereocenters. The minimum atomic E-state index is -0.450. The van der Waals surface area contributed by atoms with Gasteiger partial charge in [0.2, 0.25) is 0 Å². The average Bonchev–Trinajstić information content (AvgIpc) is 2.39. The molecule has 0 aliphatic heterocycles. The van der Waals surface area contributed by atoms with Gasteiger partial charge in [-0.3, -0.25) is 0 Å². The number of halogens is 1. The normalized spacial score (nSPS) is 10.4. The molecule has 2 nitrogen and oxygen atoms in total. The molecule has 0 bridgehead atoms. The van der Waals surface area contributed by atoms with Crippen LogP contribution in [0.25, 0.3) is 0 Å². The second-order valence-electron chi connectivity index (χ2n) is 4.20. The highest BCUT2D eigenvalue weighted by Gasteiger charge is 2.04. The van der Waals surface area contributed by atoms with Gasteiger partial charge in [0.15, 0.2) is 11.6 Å². The fraction of sp³-hybridized carbons (Fsp3) is 0.200. The van der Waals surface area contributed by atoms with E-state index in [0.29, 0.717) is 12.2 Å². The van der Waals surface area contributed by atoms with Gasteiger partial charge in [-0.25, -0.2) is 4.39 Å². The molecule has 0 unspecified atom stereocenters. The van der Waals surface area contributed by atoms with Crippen LogP contribution in [0.4, 0.5) is 4.39 Å². The second-order valence-corrected chi connectivity index (χ2v) is 4.20. The SMILES string of the molecule is Cc1ccc(COc2ccc(CO)cc2F)cc1. The summed E-state index contributed by atoms with van der Waals surface area (Å²) in [7, 11) is 0. The van der Waals surface area contributed by atoms with Crippen LogP contribution in [0.3, 0.4) is 0 Å². The molecule has 2 aromatic rings. The van der Waals surface area contributed by atoms with Crippen molar-refractivity contribution in [3.8, 4) is 5.75 Å². The largest absolute Gasteiger partial charge is 0.486 e. The fourth-order valence-electron chi connectivity index (χ4n) is 1.61. The van der Waals surface area contributed by atoms with Gasteiger partial charge in [-0.15, -0.1) is 0 Å². The number of aliphatic hydroxyl groups excluding tert-OH is 1. The first-order valence-electron chi connectivity index (χ1n) is 5.76. The van der Waals surface area contributed by atoms with Crippen molar-refractivity contribution in [2.45, 2.75) is 20.1 Å². The van der Waals surface area contributed by atoms with Gasteiger partial charge in [0.25, 0.3) is 0 Å². The van der Waals surface area contributed by atoms with Crippen LogP contribution in [0.2, 0.25) is 0 Å². The van der Waals surface area contributed by atoms with Crippen LogP contribution < -0.4 is 4.74 Å². The molecule has 0 fully saturated rings. The van der Waals surface area contributed by atoms with E-state index in [1.54, 1.807) is 6.07 Å². The molecule has 2 aromatic carbocycles. The van der Waals surface area contributed by atoms with E-state index in [1.807, 2.05) is 31.2 Å². The Morgan fingerprint density at radius 2 is 1.72 bits per heavy atom. The standard InChI is InChI=1S/C15H15FO2/c1-11-2-4-12(5-3-11)10-18-15-7-6-13(9-17)8-14(15)16/h2-8,17H,9-10H2,1H3. The van der Waals surface area contributed by atoms with E-state index in [9.17, 15) is 4.39 Å². The maximum absolute atomic E-state index is 13.6. The van der Waals surface area contributed by atoms with E-state index in [4.69, 9.17) is 9.84 Å².